The Bertz CT molecular complexity index is 366. The van der Waals surface area contributed by atoms with Gasteiger partial charge in [-0.05, 0) is 61.5 Å². The van der Waals surface area contributed by atoms with Gasteiger partial charge in [0.2, 0.25) is 0 Å². The van der Waals surface area contributed by atoms with E-state index in [9.17, 15) is 0 Å². The molecule has 1 fully saturated rings. The summed E-state index contributed by atoms with van der Waals surface area (Å²) >= 11 is 0. The molecule has 0 aromatic rings. The number of ether oxygens (including phenoxy) is 1. The zero-order valence-electron chi connectivity index (χ0n) is 12.6. The predicted octanol–water partition coefficient (Wildman–Crippen LogP) is 5.11. The predicted molar refractivity (Wildman–Crippen MR) is 81.7 cm³/mol. The SMILES string of the molecule is C=C/C1=C/C/C=C\C[C@@H]2C[C@H](C)[C@@H](C)C[C@H](C)[C@H]2O1. The molecule has 19 heavy (non-hydrogen) atoms. The molecule has 1 heterocycles. The van der Waals surface area contributed by atoms with Gasteiger partial charge in [0.05, 0.1) is 0 Å². The molecule has 0 radical (unpaired) electrons. The smallest absolute Gasteiger partial charge is 0.115 e. The summed E-state index contributed by atoms with van der Waals surface area (Å²) in [6.07, 6.45) is 13.6. The van der Waals surface area contributed by atoms with Gasteiger partial charge < -0.3 is 4.74 Å². The first-order valence-electron chi connectivity index (χ1n) is 7.76. The van der Waals surface area contributed by atoms with Gasteiger partial charge in [-0.1, -0.05) is 39.5 Å². The van der Waals surface area contributed by atoms with E-state index in [0.717, 1.165) is 30.4 Å². The van der Waals surface area contributed by atoms with Crippen LogP contribution in [0, 0.1) is 23.7 Å². The lowest BCUT2D eigenvalue weighted by atomic mass is 9.86. The van der Waals surface area contributed by atoms with E-state index < -0.39 is 0 Å². The van der Waals surface area contributed by atoms with Crippen molar-refractivity contribution in [2.24, 2.45) is 23.7 Å². The Balaban J connectivity index is 2.24. The zero-order chi connectivity index (χ0) is 13.8. The second-order valence-electron chi connectivity index (χ2n) is 6.50. The monoisotopic (exact) mass is 260 g/mol. The minimum absolute atomic E-state index is 0.347. The fourth-order valence-electron chi connectivity index (χ4n) is 3.59. The maximum atomic E-state index is 6.32. The van der Waals surface area contributed by atoms with Crippen molar-refractivity contribution in [2.45, 2.75) is 52.6 Å². The highest BCUT2D eigenvalue weighted by molar-refractivity contribution is 5.12. The van der Waals surface area contributed by atoms with Crippen LogP contribution in [0.15, 0.2) is 36.6 Å². The third kappa shape index (κ3) is 3.52. The molecule has 1 saturated carbocycles. The second kappa shape index (κ2) is 6.45. The van der Waals surface area contributed by atoms with Gasteiger partial charge in [0, 0.05) is 0 Å². The summed E-state index contributed by atoms with van der Waals surface area (Å²) in [7, 11) is 0. The molecule has 0 bridgehead atoms. The third-order valence-corrected chi connectivity index (χ3v) is 4.95. The van der Waals surface area contributed by atoms with E-state index in [1.165, 1.54) is 12.8 Å². The normalized spacial score (nSPS) is 44.2. The van der Waals surface area contributed by atoms with Crippen LogP contribution < -0.4 is 0 Å². The van der Waals surface area contributed by atoms with Crippen LogP contribution in [-0.2, 0) is 4.74 Å². The van der Waals surface area contributed by atoms with E-state index in [4.69, 9.17) is 4.74 Å². The van der Waals surface area contributed by atoms with Crippen LogP contribution in [0.1, 0.15) is 46.5 Å². The van der Waals surface area contributed by atoms with Crippen molar-refractivity contribution < 1.29 is 4.74 Å². The van der Waals surface area contributed by atoms with Crippen LogP contribution >= 0.6 is 0 Å². The van der Waals surface area contributed by atoms with Crippen LogP contribution in [0.5, 0.6) is 0 Å². The molecule has 2 aliphatic rings. The van der Waals surface area contributed by atoms with Crippen LogP contribution in [-0.4, -0.2) is 6.10 Å². The first kappa shape index (κ1) is 14.4. The van der Waals surface area contributed by atoms with Crippen molar-refractivity contribution in [1.82, 2.24) is 0 Å². The Morgan fingerprint density at radius 1 is 1.11 bits per heavy atom. The summed E-state index contributed by atoms with van der Waals surface area (Å²) in [5.41, 5.74) is 0. The summed E-state index contributed by atoms with van der Waals surface area (Å²) in [6, 6.07) is 0. The van der Waals surface area contributed by atoms with Gasteiger partial charge in [-0.3, -0.25) is 0 Å². The van der Waals surface area contributed by atoms with Gasteiger partial charge in [0.15, 0.2) is 0 Å². The van der Waals surface area contributed by atoms with Crippen LogP contribution in [0.25, 0.3) is 0 Å². The molecule has 0 aromatic carbocycles. The Morgan fingerprint density at radius 3 is 2.58 bits per heavy atom. The van der Waals surface area contributed by atoms with Gasteiger partial charge in [-0.2, -0.15) is 0 Å². The lowest BCUT2D eigenvalue weighted by Gasteiger charge is -2.30. The average molecular weight is 260 g/mol. The fraction of sp³-hybridized carbons (Fsp3) is 0.667. The van der Waals surface area contributed by atoms with E-state index >= 15 is 0 Å². The standard InChI is InChI=1S/C18H28O/c1-5-17-10-8-6-7-9-16-12-14(3)13(2)11-15(4)18(16)19-17/h5-7,10,13-16,18H,1,8-9,11-12H2,2-4H3/b7-6-,17-10-/t13-,14-,15-,16+,18+/m0/s1. The second-order valence-corrected chi connectivity index (χ2v) is 6.50. The van der Waals surface area contributed by atoms with Crippen molar-refractivity contribution in [3.05, 3.63) is 36.6 Å². The van der Waals surface area contributed by atoms with Crippen molar-refractivity contribution in [3.63, 3.8) is 0 Å². The van der Waals surface area contributed by atoms with E-state index in [2.05, 4.69) is 45.6 Å². The Kier molecular flexibility index (Phi) is 4.90. The number of rotatable bonds is 1. The molecule has 0 spiro atoms. The lowest BCUT2D eigenvalue weighted by Crippen LogP contribution is -2.29. The van der Waals surface area contributed by atoms with Crippen molar-refractivity contribution in [1.29, 1.82) is 0 Å². The van der Waals surface area contributed by atoms with Crippen LogP contribution in [0.2, 0.25) is 0 Å². The molecule has 1 heteroatoms. The Hall–Kier alpha value is -0.980. The minimum atomic E-state index is 0.347. The highest BCUT2D eigenvalue weighted by atomic mass is 16.5. The fourth-order valence-corrected chi connectivity index (χ4v) is 3.59. The Morgan fingerprint density at radius 2 is 1.84 bits per heavy atom. The minimum Gasteiger partial charge on any atom is -0.490 e. The maximum Gasteiger partial charge on any atom is 0.115 e. The highest BCUT2D eigenvalue weighted by Gasteiger charge is 2.35. The van der Waals surface area contributed by atoms with Crippen LogP contribution in [0.4, 0.5) is 0 Å². The Labute approximate surface area is 118 Å². The summed E-state index contributed by atoms with van der Waals surface area (Å²) < 4.78 is 6.32. The van der Waals surface area contributed by atoms with Crippen molar-refractivity contribution in [3.8, 4) is 0 Å². The summed E-state index contributed by atoms with van der Waals surface area (Å²) in [6.45, 7) is 11.0. The average Bonchev–Trinajstić information content (AvgIpc) is 2.47. The van der Waals surface area contributed by atoms with Gasteiger partial charge in [-0.25, -0.2) is 0 Å². The first-order valence-corrected chi connectivity index (χ1v) is 7.76. The highest BCUT2D eigenvalue weighted by Crippen LogP contribution is 2.39. The van der Waals surface area contributed by atoms with Crippen molar-refractivity contribution >= 4 is 0 Å². The quantitative estimate of drug-likeness (QED) is 0.595. The molecule has 2 rings (SSSR count). The van der Waals surface area contributed by atoms with Gasteiger partial charge in [0.25, 0.3) is 0 Å². The molecule has 1 aliphatic carbocycles. The molecular formula is C18H28O. The molecule has 0 N–H and O–H groups in total. The summed E-state index contributed by atoms with van der Waals surface area (Å²) in [5, 5.41) is 0. The molecule has 0 unspecified atom stereocenters. The third-order valence-electron chi connectivity index (χ3n) is 4.95. The maximum absolute atomic E-state index is 6.32. The van der Waals surface area contributed by atoms with E-state index in [0.29, 0.717) is 17.9 Å². The first-order chi connectivity index (χ1) is 9.11. The van der Waals surface area contributed by atoms with Gasteiger partial charge >= 0.3 is 0 Å². The van der Waals surface area contributed by atoms with Crippen molar-refractivity contribution in [2.75, 3.05) is 0 Å². The molecule has 5 atom stereocenters. The molecule has 0 amide bonds. The summed E-state index contributed by atoms with van der Waals surface area (Å²) in [5.74, 6) is 3.84. The molecule has 106 valence electrons. The number of hydrogen-bond acceptors (Lipinski definition) is 1. The molecule has 1 nitrogen and oxygen atoms in total. The molecule has 1 aliphatic heterocycles. The molecular weight excluding hydrogens is 232 g/mol. The number of fused-ring (bicyclic) bond motifs is 1. The summed E-state index contributed by atoms with van der Waals surface area (Å²) in [4.78, 5) is 0. The lowest BCUT2D eigenvalue weighted by molar-refractivity contribution is 0.0287. The van der Waals surface area contributed by atoms with Crippen LogP contribution in [0.3, 0.4) is 0 Å². The van der Waals surface area contributed by atoms with E-state index in [1.807, 2.05) is 6.08 Å². The van der Waals surface area contributed by atoms with E-state index in [-0.39, 0.29) is 0 Å². The largest absolute Gasteiger partial charge is 0.490 e. The zero-order valence-corrected chi connectivity index (χ0v) is 12.6. The number of hydrogen-bond donors (Lipinski definition) is 0. The van der Waals surface area contributed by atoms with Gasteiger partial charge in [-0.15, -0.1) is 0 Å². The topological polar surface area (TPSA) is 9.23 Å². The molecule has 0 saturated heterocycles. The number of allylic oxidation sites excluding steroid dienone is 4. The van der Waals surface area contributed by atoms with Gasteiger partial charge in [0.1, 0.15) is 11.9 Å². The molecule has 0 aromatic heterocycles. The van der Waals surface area contributed by atoms with E-state index in [1.54, 1.807) is 0 Å².